The van der Waals surface area contributed by atoms with Crippen molar-refractivity contribution in [2.45, 2.75) is 13.5 Å². The van der Waals surface area contributed by atoms with E-state index in [-0.39, 0.29) is 18.0 Å². The molecule has 1 amide bonds. The van der Waals surface area contributed by atoms with E-state index in [1.165, 1.54) is 25.5 Å². The molecule has 0 atom stereocenters. The van der Waals surface area contributed by atoms with Crippen LogP contribution >= 0.6 is 0 Å². The maximum absolute atomic E-state index is 13.9. The topological polar surface area (TPSA) is 91.0 Å². The van der Waals surface area contributed by atoms with Gasteiger partial charge >= 0.3 is 5.69 Å². The fourth-order valence-corrected chi connectivity index (χ4v) is 2.99. The number of benzene rings is 2. The molecular formula is C22H17F2N5O3. The van der Waals surface area contributed by atoms with Gasteiger partial charge in [-0.15, -0.1) is 0 Å². The van der Waals surface area contributed by atoms with Crippen LogP contribution in [-0.2, 0) is 11.3 Å². The number of aromatic nitrogens is 4. The number of rotatable bonds is 6. The first kappa shape index (κ1) is 20.9. The van der Waals surface area contributed by atoms with Crippen molar-refractivity contribution in [1.29, 1.82) is 0 Å². The van der Waals surface area contributed by atoms with Crippen LogP contribution in [0, 0.1) is 11.6 Å². The molecule has 0 aliphatic heterocycles. The molecular weight excluding hydrogens is 420 g/mol. The van der Waals surface area contributed by atoms with E-state index in [1.54, 1.807) is 36.4 Å². The van der Waals surface area contributed by atoms with Crippen LogP contribution in [0.1, 0.15) is 12.5 Å². The van der Waals surface area contributed by atoms with Gasteiger partial charge in [0.25, 0.3) is 0 Å². The molecule has 8 nitrogen and oxygen atoms in total. The van der Waals surface area contributed by atoms with Gasteiger partial charge in [0.05, 0.1) is 12.2 Å². The summed E-state index contributed by atoms with van der Waals surface area (Å²) in [6, 6.07) is 13.2. The van der Waals surface area contributed by atoms with Crippen LogP contribution in [0.15, 0.2) is 71.9 Å². The van der Waals surface area contributed by atoms with Crippen molar-refractivity contribution in [1.82, 2.24) is 19.3 Å². The first-order chi connectivity index (χ1) is 15.4. The van der Waals surface area contributed by atoms with E-state index < -0.39 is 17.3 Å². The highest BCUT2D eigenvalue weighted by atomic mass is 19.1. The second kappa shape index (κ2) is 8.80. The second-order valence-corrected chi connectivity index (χ2v) is 6.81. The lowest BCUT2D eigenvalue weighted by atomic mass is 10.2. The monoisotopic (exact) mass is 437 g/mol. The maximum Gasteiger partial charge on any atom is 0.350 e. The predicted octanol–water partition coefficient (Wildman–Crippen LogP) is 3.51. The molecule has 4 aromatic rings. The molecule has 162 valence electrons. The molecule has 0 aliphatic carbocycles. The van der Waals surface area contributed by atoms with Crippen molar-refractivity contribution in [3.8, 4) is 17.2 Å². The molecule has 0 saturated heterocycles. The van der Waals surface area contributed by atoms with Gasteiger partial charge in [-0.1, -0.05) is 6.07 Å². The summed E-state index contributed by atoms with van der Waals surface area (Å²) in [5.74, 6) is -0.413. The van der Waals surface area contributed by atoms with E-state index in [2.05, 4.69) is 15.4 Å². The third-order valence-corrected chi connectivity index (χ3v) is 4.48. The van der Waals surface area contributed by atoms with Gasteiger partial charge in [0.1, 0.15) is 35.3 Å². The molecule has 0 radical (unpaired) electrons. The summed E-state index contributed by atoms with van der Waals surface area (Å²) < 4.78 is 35.8. The van der Waals surface area contributed by atoms with Gasteiger partial charge in [0.15, 0.2) is 0 Å². The Morgan fingerprint density at radius 1 is 1.06 bits per heavy atom. The van der Waals surface area contributed by atoms with Crippen LogP contribution in [0.5, 0.6) is 11.5 Å². The fourth-order valence-electron chi connectivity index (χ4n) is 2.99. The molecule has 2 aromatic carbocycles. The highest BCUT2D eigenvalue weighted by Gasteiger charge is 2.13. The van der Waals surface area contributed by atoms with Crippen LogP contribution in [0.25, 0.3) is 5.69 Å². The molecule has 0 bridgehead atoms. The number of ether oxygens (including phenoxy) is 1. The van der Waals surface area contributed by atoms with E-state index in [1.807, 2.05) is 0 Å². The number of halogens is 2. The van der Waals surface area contributed by atoms with E-state index in [4.69, 9.17) is 4.74 Å². The molecule has 32 heavy (non-hydrogen) atoms. The Labute approximate surface area is 180 Å². The Bertz CT molecular complexity index is 1310. The van der Waals surface area contributed by atoms with Gasteiger partial charge in [-0.05, 0) is 42.5 Å². The minimum absolute atomic E-state index is 0.214. The smallest absolute Gasteiger partial charge is 0.350 e. The lowest BCUT2D eigenvalue weighted by molar-refractivity contribution is -0.114. The zero-order valence-electron chi connectivity index (χ0n) is 16.8. The number of anilines is 1. The Hall–Kier alpha value is -4.34. The van der Waals surface area contributed by atoms with Gasteiger partial charge in [-0.2, -0.15) is 9.78 Å². The molecule has 0 aliphatic rings. The highest BCUT2D eigenvalue weighted by molar-refractivity contribution is 5.87. The van der Waals surface area contributed by atoms with Crippen LogP contribution < -0.4 is 15.7 Å². The molecule has 0 unspecified atom stereocenters. The van der Waals surface area contributed by atoms with Crippen molar-refractivity contribution in [3.63, 3.8) is 0 Å². The van der Waals surface area contributed by atoms with E-state index >= 15 is 0 Å². The largest absolute Gasteiger partial charge is 0.457 e. The van der Waals surface area contributed by atoms with Crippen LogP contribution in [0.4, 0.5) is 14.6 Å². The number of pyridine rings is 1. The number of amides is 1. The van der Waals surface area contributed by atoms with Crippen molar-refractivity contribution in [2.75, 3.05) is 5.32 Å². The number of nitrogens with one attached hydrogen (secondary N) is 1. The summed E-state index contributed by atoms with van der Waals surface area (Å²) in [7, 11) is 0. The number of hydrogen-bond acceptors (Lipinski definition) is 5. The average molecular weight is 437 g/mol. The molecule has 10 heteroatoms. The summed E-state index contributed by atoms with van der Waals surface area (Å²) in [6.07, 6.45) is 2.72. The minimum Gasteiger partial charge on any atom is -0.457 e. The van der Waals surface area contributed by atoms with Crippen molar-refractivity contribution >= 4 is 11.7 Å². The highest BCUT2D eigenvalue weighted by Crippen LogP contribution is 2.23. The van der Waals surface area contributed by atoms with Crippen molar-refractivity contribution in [2.24, 2.45) is 0 Å². The number of hydrogen-bond donors (Lipinski definition) is 1. The Morgan fingerprint density at radius 2 is 1.78 bits per heavy atom. The number of carbonyl (C=O) groups is 1. The average Bonchev–Trinajstić information content (AvgIpc) is 3.11. The summed E-state index contributed by atoms with van der Waals surface area (Å²) >= 11 is 0. The SMILES string of the molecule is CC(=O)Nc1cc(Oc2ccc(-n3ncn(Cc4c(F)cccc4F)c3=O)cc2)ccn1. The standard InChI is InChI=1S/C22H17F2N5O3/c1-14(30)27-21-11-17(9-10-25-21)32-16-7-5-15(6-8-16)29-22(31)28(13-26-29)12-18-19(23)3-2-4-20(18)24/h2-11,13H,12H2,1H3,(H,25,27,30). The van der Waals surface area contributed by atoms with Crippen molar-refractivity contribution < 1.29 is 18.3 Å². The Kier molecular flexibility index (Phi) is 5.75. The zero-order valence-corrected chi connectivity index (χ0v) is 16.8. The molecule has 2 aromatic heterocycles. The molecule has 0 fully saturated rings. The lowest BCUT2D eigenvalue weighted by Gasteiger charge is -2.08. The van der Waals surface area contributed by atoms with E-state index in [9.17, 15) is 18.4 Å². The quantitative estimate of drug-likeness (QED) is 0.499. The molecule has 2 heterocycles. The van der Waals surface area contributed by atoms with Crippen LogP contribution in [0.3, 0.4) is 0 Å². The summed E-state index contributed by atoms with van der Waals surface area (Å²) in [5.41, 5.74) is -0.312. The van der Waals surface area contributed by atoms with Crippen LogP contribution in [0.2, 0.25) is 0 Å². The molecule has 0 saturated carbocycles. The number of carbonyl (C=O) groups excluding carboxylic acids is 1. The Balaban J connectivity index is 1.51. The zero-order chi connectivity index (χ0) is 22.7. The van der Waals surface area contributed by atoms with Gasteiger partial charge in [-0.25, -0.2) is 18.6 Å². The second-order valence-electron chi connectivity index (χ2n) is 6.81. The van der Waals surface area contributed by atoms with E-state index in [0.29, 0.717) is 23.0 Å². The van der Waals surface area contributed by atoms with Gasteiger partial charge in [-0.3, -0.25) is 9.36 Å². The third kappa shape index (κ3) is 4.53. The summed E-state index contributed by atoms with van der Waals surface area (Å²) in [5, 5.41) is 6.60. The van der Waals surface area contributed by atoms with Gasteiger partial charge < -0.3 is 10.1 Å². The third-order valence-electron chi connectivity index (χ3n) is 4.48. The normalized spacial score (nSPS) is 10.7. The van der Waals surface area contributed by atoms with Crippen molar-refractivity contribution in [3.05, 3.63) is 94.8 Å². The molecule has 0 spiro atoms. The predicted molar refractivity (Wildman–Crippen MR) is 112 cm³/mol. The minimum atomic E-state index is -0.732. The molecule has 4 rings (SSSR count). The first-order valence-corrected chi connectivity index (χ1v) is 9.50. The van der Waals surface area contributed by atoms with Crippen LogP contribution in [-0.4, -0.2) is 25.2 Å². The van der Waals surface area contributed by atoms with E-state index in [0.717, 1.165) is 21.4 Å². The first-order valence-electron chi connectivity index (χ1n) is 9.50. The Morgan fingerprint density at radius 3 is 2.47 bits per heavy atom. The maximum atomic E-state index is 13.9. The van der Waals surface area contributed by atoms with Gasteiger partial charge in [0.2, 0.25) is 5.91 Å². The summed E-state index contributed by atoms with van der Waals surface area (Å²) in [6.45, 7) is 1.10. The fraction of sp³-hybridized carbons (Fsp3) is 0.0909. The summed E-state index contributed by atoms with van der Waals surface area (Å²) in [4.78, 5) is 27.8. The number of nitrogens with zero attached hydrogens (tertiary/aromatic N) is 4. The lowest BCUT2D eigenvalue weighted by Crippen LogP contribution is -2.24. The molecule has 1 N–H and O–H groups in total. The van der Waals surface area contributed by atoms with Gasteiger partial charge in [0, 0.05) is 24.8 Å².